The van der Waals surface area contributed by atoms with Gasteiger partial charge in [-0.25, -0.2) is 4.98 Å². The number of hydrogen-bond acceptors (Lipinski definition) is 4. The van der Waals surface area contributed by atoms with Gasteiger partial charge in [-0.05, 0) is 44.0 Å². The number of alkyl halides is 3. The van der Waals surface area contributed by atoms with Crippen LogP contribution in [0.5, 0.6) is 0 Å². The average Bonchev–Trinajstić information content (AvgIpc) is 3.00. The summed E-state index contributed by atoms with van der Waals surface area (Å²) >= 11 is 0. The van der Waals surface area contributed by atoms with Crippen molar-refractivity contribution < 1.29 is 13.2 Å². The highest BCUT2D eigenvalue weighted by atomic mass is 19.4. The lowest BCUT2D eigenvalue weighted by atomic mass is 10.2. The Balaban J connectivity index is 1.79. The van der Waals surface area contributed by atoms with Gasteiger partial charge in [-0.1, -0.05) is 0 Å². The summed E-state index contributed by atoms with van der Waals surface area (Å²) in [4.78, 5) is 11.0. The van der Waals surface area contributed by atoms with Crippen LogP contribution in [0.15, 0.2) is 30.3 Å². The fourth-order valence-electron chi connectivity index (χ4n) is 2.59. The molecule has 1 aromatic heterocycles. The molecule has 7 heteroatoms. The Bertz CT molecular complexity index is 677. The van der Waals surface area contributed by atoms with Gasteiger partial charge in [0.1, 0.15) is 5.82 Å². The minimum absolute atomic E-state index is 0.395. The fourth-order valence-corrected chi connectivity index (χ4v) is 2.59. The minimum Gasteiger partial charge on any atom is -0.356 e. The van der Waals surface area contributed by atoms with E-state index in [1.165, 1.54) is 12.1 Å². The molecule has 1 N–H and O–H groups in total. The van der Waals surface area contributed by atoms with E-state index in [0.717, 1.165) is 49.6 Å². The summed E-state index contributed by atoms with van der Waals surface area (Å²) in [6.45, 7) is 3.81. The van der Waals surface area contributed by atoms with Gasteiger partial charge >= 0.3 is 6.18 Å². The number of aryl methyl sites for hydroxylation is 1. The molecule has 0 atom stereocenters. The second kappa shape index (κ2) is 6.06. The maximum Gasteiger partial charge on any atom is 0.416 e. The molecule has 2 heterocycles. The van der Waals surface area contributed by atoms with Crippen molar-refractivity contribution in [3.8, 4) is 0 Å². The van der Waals surface area contributed by atoms with Crippen molar-refractivity contribution in [1.82, 2.24) is 9.97 Å². The number of nitrogens with one attached hydrogen (secondary N) is 1. The van der Waals surface area contributed by atoms with Crippen LogP contribution in [-0.2, 0) is 6.18 Å². The molecule has 0 aliphatic carbocycles. The van der Waals surface area contributed by atoms with Crippen molar-refractivity contribution in [3.05, 3.63) is 41.6 Å². The number of hydrogen-bond donors (Lipinski definition) is 1. The van der Waals surface area contributed by atoms with Crippen molar-refractivity contribution in [1.29, 1.82) is 0 Å². The molecule has 0 saturated carbocycles. The van der Waals surface area contributed by atoms with E-state index in [0.29, 0.717) is 11.6 Å². The van der Waals surface area contributed by atoms with Crippen LogP contribution < -0.4 is 10.2 Å². The predicted octanol–water partition coefficient (Wildman–Crippen LogP) is 4.15. The summed E-state index contributed by atoms with van der Waals surface area (Å²) in [5.74, 6) is 1.25. The zero-order chi connectivity index (χ0) is 16.4. The monoisotopic (exact) mass is 322 g/mol. The van der Waals surface area contributed by atoms with Crippen molar-refractivity contribution in [3.63, 3.8) is 0 Å². The van der Waals surface area contributed by atoms with Crippen molar-refractivity contribution >= 4 is 17.5 Å². The second-order valence-corrected chi connectivity index (χ2v) is 5.59. The van der Waals surface area contributed by atoms with Crippen molar-refractivity contribution in [2.75, 3.05) is 23.3 Å². The van der Waals surface area contributed by atoms with Crippen molar-refractivity contribution in [2.24, 2.45) is 0 Å². The van der Waals surface area contributed by atoms with E-state index in [1.54, 1.807) is 0 Å². The molecule has 1 aliphatic heterocycles. The summed E-state index contributed by atoms with van der Waals surface area (Å²) in [5.41, 5.74) is 0.665. The molecule has 4 nitrogen and oxygen atoms in total. The first-order chi connectivity index (χ1) is 10.9. The maximum absolute atomic E-state index is 12.6. The summed E-state index contributed by atoms with van der Waals surface area (Å²) in [6.07, 6.45) is -2.04. The molecular formula is C16H17F3N4. The summed E-state index contributed by atoms with van der Waals surface area (Å²) in [5, 5.41) is 2.97. The van der Waals surface area contributed by atoms with E-state index in [2.05, 4.69) is 20.2 Å². The van der Waals surface area contributed by atoms with E-state index in [9.17, 15) is 13.2 Å². The molecule has 122 valence electrons. The van der Waals surface area contributed by atoms with E-state index >= 15 is 0 Å². The maximum atomic E-state index is 12.6. The van der Waals surface area contributed by atoms with Gasteiger partial charge in [-0.15, -0.1) is 0 Å². The van der Waals surface area contributed by atoms with Crippen molar-refractivity contribution in [2.45, 2.75) is 25.9 Å². The third-order valence-electron chi connectivity index (χ3n) is 3.74. The summed E-state index contributed by atoms with van der Waals surface area (Å²) < 4.78 is 37.7. The molecule has 1 fully saturated rings. The average molecular weight is 322 g/mol. The lowest BCUT2D eigenvalue weighted by Gasteiger charge is -2.17. The third-order valence-corrected chi connectivity index (χ3v) is 3.74. The zero-order valence-corrected chi connectivity index (χ0v) is 12.7. The van der Waals surface area contributed by atoms with Gasteiger partial charge in [0, 0.05) is 30.5 Å². The van der Waals surface area contributed by atoms with Gasteiger partial charge in [0.25, 0.3) is 0 Å². The van der Waals surface area contributed by atoms with Crippen LogP contribution in [0.2, 0.25) is 0 Å². The summed E-state index contributed by atoms with van der Waals surface area (Å²) in [6, 6.07) is 6.76. The van der Waals surface area contributed by atoms with Gasteiger partial charge in [0.2, 0.25) is 5.95 Å². The quantitative estimate of drug-likeness (QED) is 0.922. The molecule has 1 aromatic carbocycles. The normalized spacial score (nSPS) is 15.0. The Kier molecular flexibility index (Phi) is 4.11. The third kappa shape index (κ3) is 3.72. The number of benzene rings is 1. The molecule has 0 unspecified atom stereocenters. The Morgan fingerprint density at radius 3 is 2.30 bits per heavy atom. The number of anilines is 3. The van der Waals surface area contributed by atoms with E-state index < -0.39 is 11.7 Å². The first kappa shape index (κ1) is 15.6. The molecular weight excluding hydrogens is 305 g/mol. The van der Waals surface area contributed by atoms with Gasteiger partial charge in [-0.2, -0.15) is 18.2 Å². The van der Waals surface area contributed by atoms with Gasteiger partial charge < -0.3 is 10.2 Å². The van der Waals surface area contributed by atoms with E-state index in [1.807, 2.05) is 13.0 Å². The molecule has 1 aliphatic rings. The number of aromatic nitrogens is 2. The molecule has 0 spiro atoms. The number of rotatable bonds is 3. The van der Waals surface area contributed by atoms with Gasteiger partial charge in [0.15, 0.2) is 0 Å². The standard InChI is InChI=1S/C16H17F3N4/c1-11-10-14(23-8-2-3-9-23)22-15(20-11)21-13-6-4-12(5-7-13)16(17,18)19/h4-7,10H,2-3,8-9H2,1H3,(H,20,21,22). The molecule has 0 bridgehead atoms. The smallest absolute Gasteiger partial charge is 0.356 e. The topological polar surface area (TPSA) is 41.1 Å². The Hall–Kier alpha value is -2.31. The molecule has 3 rings (SSSR count). The Morgan fingerprint density at radius 1 is 1.04 bits per heavy atom. The minimum atomic E-state index is -4.33. The fraction of sp³-hybridized carbons (Fsp3) is 0.375. The van der Waals surface area contributed by atoms with Crippen LogP contribution in [0.4, 0.5) is 30.6 Å². The highest BCUT2D eigenvalue weighted by Gasteiger charge is 2.29. The van der Waals surface area contributed by atoms with Crippen LogP contribution in [0, 0.1) is 6.92 Å². The Morgan fingerprint density at radius 2 is 1.70 bits per heavy atom. The van der Waals surface area contributed by atoms with Crippen LogP contribution in [0.1, 0.15) is 24.1 Å². The molecule has 0 amide bonds. The number of nitrogens with zero attached hydrogens (tertiary/aromatic N) is 3. The Labute approximate surface area is 132 Å². The molecule has 23 heavy (non-hydrogen) atoms. The van der Waals surface area contributed by atoms with Crippen LogP contribution in [-0.4, -0.2) is 23.1 Å². The van der Waals surface area contributed by atoms with Gasteiger partial charge in [0.05, 0.1) is 5.56 Å². The first-order valence-electron chi connectivity index (χ1n) is 7.47. The summed E-state index contributed by atoms with van der Waals surface area (Å²) in [7, 11) is 0. The molecule has 2 aromatic rings. The highest BCUT2D eigenvalue weighted by molar-refractivity contribution is 5.56. The lowest BCUT2D eigenvalue weighted by Crippen LogP contribution is -2.19. The number of halogens is 3. The second-order valence-electron chi connectivity index (χ2n) is 5.59. The van der Waals surface area contributed by atoms with Crippen LogP contribution in [0.25, 0.3) is 0 Å². The largest absolute Gasteiger partial charge is 0.416 e. The van der Waals surface area contributed by atoms with Crippen LogP contribution in [0.3, 0.4) is 0 Å². The molecule has 1 saturated heterocycles. The van der Waals surface area contributed by atoms with E-state index in [4.69, 9.17) is 0 Å². The van der Waals surface area contributed by atoms with Gasteiger partial charge in [-0.3, -0.25) is 0 Å². The SMILES string of the molecule is Cc1cc(N2CCCC2)nc(Nc2ccc(C(F)(F)F)cc2)n1. The highest BCUT2D eigenvalue weighted by Crippen LogP contribution is 2.30. The first-order valence-corrected chi connectivity index (χ1v) is 7.47. The van der Waals surface area contributed by atoms with Crippen LogP contribution >= 0.6 is 0 Å². The zero-order valence-electron chi connectivity index (χ0n) is 12.7. The molecule has 0 radical (unpaired) electrons. The van der Waals surface area contributed by atoms with E-state index in [-0.39, 0.29) is 0 Å². The lowest BCUT2D eigenvalue weighted by molar-refractivity contribution is -0.137. The predicted molar refractivity (Wildman–Crippen MR) is 82.9 cm³/mol.